The highest BCUT2D eigenvalue weighted by Gasteiger charge is 2.38. The molecule has 0 aromatic heterocycles. The average molecular weight is 257 g/mol. The first-order chi connectivity index (χ1) is 8.24. The highest BCUT2D eigenvalue weighted by molar-refractivity contribution is 5.77. The maximum Gasteiger partial charge on any atom is 0.323 e. The van der Waals surface area contributed by atoms with Crippen LogP contribution in [0.15, 0.2) is 0 Å². The quantitative estimate of drug-likeness (QED) is 0.714. The van der Waals surface area contributed by atoms with Crippen molar-refractivity contribution >= 4 is 11.9 Å². The number of hydrogen-bond donors (Lipinski definition) is 0. The Morgan fingerprint density at radius 2 is 1.89 bits per heavy atom. The summed E-state index contributed by atoms with van der Waals surface area (Å²) in [7, 11) is 3.23. The van der Waals surface area contributed by atoms with E-state index in [9.17, 15) is 9.59 Å². The number of carbonyl (C=O) groups is 2. The molecule has 0 N–H and O–H groups in total. The summed E-state index contributed by atoms with van der Waals surface area (Å²) in [6.45, 7) is 5.56. The molecule has 0 amide bonds. The van der Waals surface area contributed by atoms with Crippen molar-refractivity contribution in [1.82, 2.24) is 4.90 Å². The van der Waals surface area contributed by atoms with Gasteiger partial charge in [0.2, 0.25) is 0 Å². The monoisotopic (exact) mass is 257 g/mol. The van der Waals surface area contributed by atoms with Gasteiger partial charge in [-0.25, -0.2) is 0 Å². The van der Waals surface area contributed by atoms with Crippen LogP contribution >= 0.6 is 0 Å². The van der Waals surface area contributed by atoms with E-state index in [1.54, 1.807) is 0 Å². The molecular weight excluding hydrogens is 234 g/mol. The van der Waals surface area contributed by atoms with Crippen molar-refractivity contribution in [3.63, 3.8) is 0 Å². The van der Waals surface area contributed by atoms with Crippen LogP contribution in [0.1, 0.15) is 40.0 Å². The molecule has 5 nitrogen and oxygen atoms in total. The van der Waals surface area contributed by atoms with E-state index in [4.69, 9.17) is 4.74 Å². The summed E-state index contributed by atoms with van der Waals surface area (Å²) in [4.78, 5) is 25.2. The Bertz CT molecular complexity index is 321. The molecule has 104 valence electrons. The second-order valence-electron chi connectivity index (χ2n) is 5.73. The Hall–Kier alpha value is -1.10. The van der Waals surface area contributed by atoms with Crippen molar-refractivity contribution in [1.29, 1.82) is 0 Å². The number of ether oxygens (including phenoxy) is 2. The zero-order valence-electron chi connectivity index (χ0n) is 11.9. The van der Waals surface area contributed by atoms with Crippen LogP contribution in [0.3, 0.4) is 0 Å². The Morgan fingerprint density at radius 1 is 1.28 bits per heavy atom. The van der Waals surface area contributed by atoms with Crippen LogP contribution in [0, 0.1) is 0 Å². The van der Waals surface area contributed by atoms with E-state index in [-0.39, 0.29) is 24.0 Å². The number of likely N-dealkylation sites (N-methyl/N-ethyl adjacent to an activating group) is 1. The third-order valence-corrected chi connectivity index (χ3v) is 3.15. The first-order valence-electron chi connectivity index (χ1n) is 6.26. The molecule has 0 aliphatic carbocycles. The van der Waals surface area contributed by atoms with E-state index >= 15 is 0 Å². The van der Waals surface area contributed by atoms with Crippen LogP contribution < -0.4 is 0 Å². The largest absolute Gasteiger partial charge is 0.469 e. The van der Waals surface area contributed by atoms with Gasteiger partial charge in [0.25, 0.3) is 0 Å². The SMILES string of the molecule is COC(=O)C[C@@H]1CC[C@H](C(=O)OC(C)(C)C)N1C. The predicted octanol–water partition coefficient (Wildman–Crippen LogP) is 1.35. The van der Waals surface area contributed by atoms with Crippen LogP contribution in [0.2, 0.25) is 0 Å². The molecule has 0 aromatic rings. The minimum atomic E-state index is -0.474. The molecule has 1 aliphatic heterocycles. The third kappa shape index (κ3) is 3.98. The molecule has 0 bridgehead atoms. The topological polar surface area (TPSA) is 55.8 Å². The van der Waals surface area contributed by atoms with Crippen LogP contribution in [-0.2, 0) is 19.1 Å². The fourth-order valence-electron chi connectivity index (χ4n) is 2.19. The van der Waals surface area contributed by atoms with Crippen molar-refractivity contribution < 1.29 is 19.1 Å². The van der Waals surface area contributed by atoms with E-state index in [1.807, 2.05) is 32.7 Å². The zero-order chi connectivity index (χ0) is 13.9. The second-order valence-corrected chi connectivity index (χ2v) is 5.73. The summed E-state index contributed by atoms with van der Waals surface area (Å²) in [6, 6.07) is -0.186. The van der Waals surface area contributed by atoms with E-state index in [0.29, 0.717) is 6.42 Å². The van der Waals surface area contributed by atoms with Crippen molar-refractivity contribution in [2.24, 2.45) is 0 Å². The van der Waals surface area contributed by atoms with Gasteiger partial charge in [0.15, 0.2) is 0 Å². The standard InChI is InChI=1S/C13H23NO4/c1-13(2,3)18-12(16)10-7-6-9(14(10)4)8-11(15)17-5/h9-10H,6-8H2,1-5H3/t9-,10+/m0/s1. The lowest BCUT2D eigenvalue weighted by Gasteiger charge is -2.27. The van der Waals surface area contributed by atoms with Crippen molar-refractivity contribution in [3.05, 3.63) is 0 Å². The fraction of sp³-hybridized carbons (Fsp3) is 0.846. The van der Waals surface area contributed by atoms with E-state index in [2.05, 4.69) is 4.74 Å². The Kier molecular flexibility index (Phi) is 4.73. The highest BCUT2D eigenvalue weighted by Crippen LogP contribution is 2.26. The van der Waals surface area contributed by atoms with Gasteiger partial charge in [0, 0.05) is 6.04 Å². The Balaban J connectivity index is 2.56. The van der Waals surface area contributed by atoms with E-state index < -0.39 is 5.60 Å². The predicted molar refractivity (Wildman–Crippen MR) is 67.1 cm³/mol. The number of methoxy groups -OCH3 is 1. The summed E-state index contributed by atoms with van der Waals surface area (Å²) in [5.41, 5.74) is -0.474. The van der Waals surface area contributed by atoms with Gasteiger partial charge in [-0.2, -0.15) is 0 Å². The number of esters is 2. The second kappa shape index (κ2) is 5.69. The van der Waals surface area contributed by atoms with Crippen LogP contribution in [0.25, 0.3) is 0 Å². The minimum Gasteiger partial charge on any atom is -0.469 e. The van der Waals surface area contributed by atoms with Crippen molar-refractivity contribution in [2.45, 2.75) is 57.7 Å². The summed E-state index contributed by atoms with van der Waals surface area (Å²) in [6.07, 6.45) is 1.87. The lowest BCUT2D eigenvalue weighted by Crippen LogP contribution is -2.41. The molecule has 2 atom stereocenters. The maximum atomic E-state index is 12.0. The maximum absolute atomic E-state index is 12.0. The number of likely N-dealkylation sites (tertiary alicyclic amines) is 1. The first kappa shape index (κ1) is 15.0. The summed E-state index contributed by atoms with van der Waals surface area (Å²) in [5.74, 6) is -0.450. The Labute approximate surface area is 108 Å². The molecule has 1 heterocycles. The number of hydrogen-bond acceptors (Lipinski definition) is 5. The number of nitrogens with zero attached hydrogens (tertiary/aromatic N) is 1. The Morgan fingerprint density at radius 3 is 2.39 bits per heavy atom. The summed E-state index contributed by atoms with van der Waals surface area (Å²) in [5, 5.41) is 0. The lowest BCUT2D eigenvalue weighted by molar-refractivity contribution is -0.160. The molecule has 1 fully saturated rings. The molecule has 0 unspecified atom stereocenters. The molecule has 1 aliphatic rings. The van der Waals surface area contributed by atoms with Crippen LogP contribution in [0.5, 0.6) is 0 Å². The minimum absolute atomic E-state index is 0.0648. The molecule has 1 saturated heterocycles. The number of carbonyl (C=O) groups excluding carboxylic acids is 2. The van der Waals surface area contributed by atoms with Gasteiger partial charge in [-0.1, -0.05) is 0 Å². The molecule has 0 aromatic carbocycles. The normalized spacial score (nSPS) is 24.9. The molecule has 18 heavy (non-hydrogen) atoms. The number of rotatable bonds is 3. The first-order valence-corrected chi connectivity index (χ1v) is 6.26. The molecule has 5 heteroatoms. The summed E-state index contributed by atoms with van der Waals surface area (Å²) >= 11 is 0. The smallest absolute Gasteiger partial charge is 0.323 e. The molecule has 0 saturated carbocycles. The van der Waals surface area contributed by atoms with Crippen molar-refractivity contribution in [2.75, 3.05) is 14.2 Å². The summed E-state index contributed by atoms with van der Waals surface area (Å²) < 4.78 is 10.0. The molecule has 0 radical (unpaired) electrons. The van der Waals surface area contributed by atoms with Gasteiger partial charge in [-0.3, -0.25) is 14.5 Å². The van der Waals surface area contributed by atoms with E-state index in [1.165, 1.54) is 7.11 Å². The lowest BCUT2D eigenvalue weighted by atomic mass is 10.1. The van der Waals surface area contributed by atoms with Gasteiger partial charge in [-0.15, -0.1) is 0 Å². The van der Waals surface area contributed by atoms with Gasteiger partial charge in [0.05, 0.1) is 13.5 Å². The highest BCUT2D eigenvalue weighted by atomic mass is 16.6. The van der Waals surface area contributed by atoms with Gasteiger partial charge >= 0.3 is 11.9 Å². The van der Waals surface area contributed by atoms with Gasteiger partial charge in [0.1, 0.15) is 11.6 Å². The van der Waals surface area contributed by atoms with E-state index in [0.717, 1.165) is 12.8 Å². The molecule has 1 rings (SSSR count). The van der Waals surface area contributed by atoms with Crippen molar-refractivity contribution in [3.8, 4) is 0 Å². The average Bonchev–Trinajstić information content (AvgIpc) is 2.58. The molecule has 0 spiro atoms. The van der Waals surface area contributed by atoms with Crippen LogP contribution in [-0.4, -0.2) is 48.7 Å². The van der Waals surface area contributed by atoms with Gasteiger partial charge < -0.3 is 9.47 Å². The molecular formula is C13H23NO4. The fourth-order valence-corrected chi connectivity index (χ4v) is 2.19. The van der Waals surface area contributed by atoms with Crippen LogP contribution in [0.4, 0.5) is 0 Å². The zero-order valence-corrected chi connectivity index (χ0v) is 11.9. The van der Waals surface area contributed by atoms with Gasteiger partial charge in [-0.05, 0) is 40.7 Å². The third-order valence-electron chi connectivity index (χ3n) is 3.15.